The summed E-state index contributed by atoms with van der Waals surface area (Å²) in [4.78, 5) is 40.7. The highest BCUT2D eigenvalue weighted by molar-refractivity contribution is 7.14. The minimum Gasteiger partial charge on any atom is -0.327 e. The Balaban J connectivity index is 1.56. The maximum atomic E-state index is 14.6. The molecule has 0 bridgehead atoms. The fraction of sp³-hybridized carbons (Fsp3) is 0.304. The Morgan fingerprint density at radius 1 is 1.25 bits per heavy atom. The molecule has 3 heterocycles. The molecule has 1 aliphatic rings. The van der Waals surface area contributed by atoms with E-state index in [2.05, 4.69) is 10.2 Å². The van der Waals surface area contributed by atoms with Gasteiger partial charge in [0.05, 0.1) is 22.3 Å². The predicted molar refractivity (Wildman–Crippen MR) is 121 cm³/mol. The molecule has 1 aromatic carbocycles. The molecule has 166 valence electrons. The van der Waals surface area contributed by atoms with Crippen molar-refractivity contribution in [3.8, 4) is 0 Å². The average Bonchev–Trinajstić information content (AvgIpc) is 3.28. The SMILES string of the molecule is Cc1c(Cc2ccc(F)c(C(=O)N3CC(=O)N(c4cccs4)[C@H](C)C3)c2)n[nH]c(=O)c1C. The van der Waals surface area contributed by atoms with Gasteiger partial charge in [0.2, 0.25) is 5.91 Å². The van der Waals surface area contributed by atoms with Crippen LogP contribution in [-0.4, -0.2) is 46.0 Å². The molecule has 3 aromatic rings. The van der Waals surface area contributed by atoms with E-state index in [1.54, 1.807) is 17.9 Å². The van der Waals surface area contributed by atoms with Gasteiger partial charge in [-0.15, -0.1) is 11.3 Å². The number of piperazine rings is 1. The van der Waals surface area contributed by atoms with Gasteiger partial charge in [0.25, 0.3) is 11.5 Å². The Morgan fingerprint density at radius 3 is 2.72 bits per heavy atom. The van der Waals surface area contributed by atoms with Gasteiger partial charge in [-0.2, -0.15) is 5.10 Å². The van der Waals surface area contributed by atoms with Crippen LogP contribution in [0.1, 0.15) is 39.7 Å². The molecule has 1 aliphatic heterocycles. The van der Waals surface area contributed by atoms with E-state index < -0.39 is 11.7 Å². The first-order chi connectivity index (χ1) is 15.3. The normalized spacial score (nSPS) is 16.5. The molecular formula is C23H23FN4O3S. The van der Waals surface area contributed by atoms with E-state index in [0.29, 0.717) is 29.8 Å². The number of carbonyl (C=O) groups is 2. The summed E-state index contributed by atoms with van der Waals surface area (Å²) in [5, 5.41) is 9.29. The fourth-order valence-electron chi connectivity index (χ4n) is 3.91. The lowest BCUT2D eigenvalue weighted by atomic mass is 10.0. The zero-order valence-electron chi connectivity index (χ0n) is 18.0. The van der Waals surface area contributed by atoms with Gasteiger partial charge in [-0.25, -0.2) is 9.49 Å². The smallest absolute Gasteiger partial charge is 0.267 e. The van der Waals surface area contributed by atoms with E-state index in [1.807, 2.05) is 31.4 Å². The zero-order chi connectivity index (χ0) is 23.0. The molecule has 0 aliphatic carbocycles. The predicted octanol–water partition coefficient (Wildman–Crippen LogP) is 3.06. The highest BCUT2D eigenvalue weighted by Crippen LogP contribution is 2.27. The Kier molecular flexibility index (Phi) is 5.92. The largest absolute Gasteiger partial charge is 0.327 e. The molecule has 1 saturated heterocycles. The number of thiophene rings is 1. The van der Waals surface area contributed by atoms with Crippen LogP contribution in [0.25, 0.3) is 0 Å². The van der Waals surface area contributed by atoms with Crippen LogP contribution in [0.15, 0.2) is 40.5 Å². The summed E-state index contributed by atoms with van der Waals surface area (Å²) in [5.41, 5.74) is 2.35. The number of amides is 2. The van der Waals surface area contributed by atoms with Crippen molar-refractivity contribution in [2.24, 2.45) is 0 Å². The van der Waals surface area contributed by atoms with Gasteiger partial charge in [0, 0.05) is 18.5 Å². The summed E-state index contributed by atoms with van der Waals surface area (Å²) in [6.07, 6.45) is 0.339. The summed E-state index contributed by atoms with van der Waals surface area (Å²) >= 11 is 1.46. The number of carbonyl (C=O) groups excluding carboxylic acids is 2. The molecule has 2 amide bonds. The molecule has 1 atom stereocenters. The minimum atomic E-state index is -0.637. The van der Waals surface area contributed by atoms with Crippen molar-refractivity contribution >= 4 is 28.2 Å². The first kappa shape index (κ1) is 21.9. The molecule has 4 rings (SSSR count). The Bertz CT molecular complexity index is 1240. The summed E-state index contributed by atoms with van der Waals surface area (Å²) in [6, 6.07) is 7.87. The molecule has 0 radical (unpaired) electrons. The summed E-state index contributed by atoms with van der Waals surface area (Å²) in [5.74, 6) is -1.35. The molecule has 0 spiro atoms. The Hall–Kier alpha value is -3.33. The second-order valence-electron chi connectivity index (χ2n) is 7.99. The van der Waals surface area contributed by atoms with Gasteiger partial charge in [-0.05, 0) is 61.5 Å². The van der Waals surface area contributed by atoms with Gasteiger partial charge >= 0.3 is 0 Å². The number of rotatable bonds is 4. The number of anilines is 1. The van der Waals surface area contributed by atoms with Crippen LogP contribution < -0.4 is 10.5 Å². The Morgan fingerprint density at radius 2 is 2.03 bits per heavy atom. The fourth-order valence-corrected chi connectivity index (χ4v) is 4.76. The summed E-state index contributed by atoms with van der Waals surface area (Å²) in [7, 11) is 0. The van der Waals surface area contributed by atoms with Crippen LogP contribution in [0.4, 0.5) is 9.39 Å². The standard InChI is InChI=1S/C23H23FN4O3S/c1-13-11-27(12-20(29)28(13)21-5-4-8-32-21)23(31)17-9-16(6-7-18(17)24)10-19-14(2)15(3)22(30)26-25-19/h4-9,13H,10-12H2,1-3H3,(H,26,30)/t13-/m1/s1. The van der Waals surface area contributed by atoms with Crippen molar-refractivity contribution in [2.45, 2.75) is 33.2 Å². The number of hydrogen-bond acceptors (Lipinski definition) is 5. The maximum Gasteiger partial charge on any atom is 0.267 e. The topological polar surface area (TPSA) is 86.4 Å². The number of H-pyrrole nitrogens is 1. The number of aromatic nitrogens is 2. The Labute approximate surface area is 188 Å². The first-order valence-corrected chi connectivity index (χ1v) is 11.1. The average molecular weight is 455 g/mol. The van der Waals surface area contributed by atoms with Crippen molar-refractivity contribution in [3.63, 3.8) is 0 Å². The van der Waals surface area contributed by atoms with Crippen LogP contribution >= 0.6 is 11.3 Å². The van der Waals surface area contributed by atoms with Gasteiger partial charge in [-0.1, -0.05) is 6.07 Å². The highest BCUT2D eigenvalue weighted by Gasteiger charge is 2.34. The lowest BCUT2D eigenvalue weighted by Gasteiger charge is -2.38. The van der Waals surface area contributed by atoms with E-state index in [-0.39, 0.29) is 29.6 Å². The highest BCUT2D eigenvalue weighted by atomic mass is 32.1. The quantitative estimate of drug-likeness (QED) is 0.657. The number of benzene rings is 1. The van der Waals surface area contributed by atoms with Crippen molar-refractivity contribution in [2.75, 3.05) is 18.0 Å². The third-order valence-electron chi connectivity index (χ3n) is 5.81. The van der Waals surface area contributed by atoms with Crippen molar-refractivity contribution < 1.29 is 14.0 Å². The van der Waals surface area contributed by atoms with Crippen molar-refractivity contribution in [1.82, 2.24) is 15.1 Å². The van der Waals surface area contributed by atoms with E-state index in [0.717, 1.165) is 10.6 Å². The van der Waals surface area contributed by atoms with E-state index in [1.165, 1.54) is 28.4 Å². The molecule has 0 saturated carbocycles. The van der Waals surface area contributed by atoms with Crippen molar-refractivity contribution in [1.29, 1.82) is 0 Å². The molecule has 9 heteroatoms. The lowest BCUT2D eigenvalue weighted by Crippen LogP contribution is -2.57. The molecule has 2 aromatic heterocycles. The van der Waals surface area contributed by atoms with E-state index >= 15 is 0 Å². The van der Waals surface area contributed by atoms with Crippen LogP contribution in [-0.2, 0) is 11.2 Å². The number of halogens is 1. The second kappa shape index (κ2) is 8.66. The molecule has 1 N–H and O–H groups in total. The molecule has 1 fully saturated rings. The second-order valence-corrected chi connectivity index (χ2v) is 8.92. The molecule has 7 nitrogen and oxygen atoms in total. The molecule has 0 unspecified atom stereocenters. The van der Waals surface area contributed by atoms with E-state index in [4.69, 9.17) is 0 Å². The lowest BCUT2D eigenvalue weighted by molar-refractivity contribution is -0.121. The van der Waals surface area contributed by atoms with Crippen molar-refractivity contribution in [3.05, 3.63) is 79.8 Å². The van der Waals surface area contributed by atoms with Crippen LogP contribution in [0.2, 0.25) is 0 Å². The van der Waals surface area contributed by atoms with Crippen LogP contribution in [0.5, 0.6) is 0 Å². The number of hydrogen-bond donors (Lipinski definition) is 1. The van der Waals surface area contributed by atoms with E-state index in [9.17, 15) is 18.8 Å². The minimum absolute atomic E-state index is 0.0779. The van der Waals surface area contributed by atoms with Gasteiger partial charge in [0.1, 0.15) is 12.4 Å². The maximum absolute atomic E-state index is 14.6. The third kappa shape index (κ3) is 4.08. The van der Waals surface area contributed by atoms with Gasteiger partial charge in [-0.3, -0.25) is 19.3 Å². The van der Waals surface area contributed by atoms with Gasteiger partial charge in [0.15, 0.2) is 0 Å². The first-order valence-electron chi connectivity index (χ1n) is 10.2. The monoisotopic (exact) mass is 454 g/mol. The van der Waals surface area contributed by atoms with Crippen LogP contribution in [0, 0.1) is 19.7 Å². The summed E-state index contributed by atoms with van der Waals surface area (Å²) in [6.45, 7) is 5.60. The molecular weight excluding hydrogens is 431 g/mol. The number of aromatic amines is 1. The van der Waals surface area contributed by atoms with Crippen LogP contribution in [0.3, 0.4) is 0 Å². The third-order valence-corrected chi connectivity index (χ3v) is 6.68. The zero-order valence-corrected chi connectivity index (χ0v) is 18.8. The van der Waals surface area contributed by atoms with Gasteiger partial charge < -0.3 is 4.90 Å². The number of nitrogens with one attached hydrogen (secondary N) is 1. The molecule has 32 heavy (non-hydrogen) atoms. The number of nitrogens with zero attached hydrogens (tertiary/aromatic N) is 3. The summed E-state index contributed by atoms with van der Waals surface area (Å²) < 4.78 is 14.6.